The van der Waals surface area contributed by atoms with Crippen molar-refractivity contribution in [3.05, 3.63) is 70.2 Å². The number of halogens is 3. The third-order valence-corrected chi connectivity index (χ3v) is 4.11. The van der Waals surface area contributed by atoms with Crippen LogP contribution in [0.25, 0.3) is 0 Å². The molecule has 3 rings (SSSR count). The Kier molecular flexibility index (Phi) is 4.59. The van der Waals surface area contributed by atoms with Crippen molar-refractivity contribution in [2.75, 3.05) is 19.7 Å². The third-order valence-electron chi connectivity index (χ3n) is 3.76. The van der Waals surface area contributed by atoms with Gasteiger partial charge in [-0.25, -0.2) is 8.78 Å². The molecule has 1 fully saturated rings. The van der Waals surface area contributed by atoms with E-state index in [9.17, 15) is 13.6 Å². The van der Waals surface area contributed by atoms with Gasteiger partial charge in [0.1, 0.15) is 17.7 Å². The SMILES string of the molecule is O=C(c1cc(F)ccc1F)N1CCOC(c2ccccc2Cl)C1. The summed E-state index contributed by atoms with van der Waals surface area (Å²) in [5, 5.41) is 0.545. The van der Waals surface area contributed by atoms with E-state index in [4.69, 9.17) is 16.3 Å². The highest BCUT2D eigenvalue weighted by molar-refractivity contribution is 6.31. The maximum absolute atomic E-state index is 13.8. The number of morpholine rings is 1. The molecule has 1 aliphatic heterocycles. The Morgan fingerprint density at radius 1 is 1.22 bits per heavy atom. The predicted octanol–water partition coefficient (Wildman–Crippen LogP) is 3.83. The van der Waals surface area contributed by atoms with Gasteiger partial charge in [0.15, 0.2) is 0 Å². The first kappa shape index (κ1) is 15.9. The van der Waals surface area contributed by atoms with Gasteiger partial charge in [-0.05, 0) is 24.3 Å². The number of ether oxygens (including phenoxy) is 1. The molecule has 1 amide bonds. The summed E-state index contributed by atoms with van der Waals surface area (Å²) < 4.78 is 32.8. The molecule has 1 atom stereocenters. The maximum Gasteiger partial charge on any atom is 0.257 e. The van der Waals surface area contributed by atoms with Crippen LogP contribution in [0.15, 0.2) is 42.5 Å². The average molecular weight is 338 g/mol. The molecule has 0 aromatic heterocycles. The van der Waals surface area contributed by atoms with Crippen molar-refractivity contribution in [1.29, 1.82) is 0 Å². The van der Waals surface area contributed by atoms with Gasteiger partial charge in [-0.15, -0.1) is 0 Å². The number of hydrogen-bond donors (Lipinski definition) is 0. The lowest BCUT2D eigenvalue weighted by Gasteiger charge is -2.33. The molecule has 2 aromatic carbocycles. The van der Waals surface area contributed by atoms with Crippen LogP contribution < -0.4 is 0 Å². The standard InChI is InChI=1S/C17H14ClF2NO2/c18-14-4-2-1-3-12(14)16-10-21(7-8-23-16)17(22)13-9-11(19)5-6-15(13)20/h1-6,9,16H,7-8,10H2. The Labute approximate surface area is 137 Å². The van der Waals surface area contributed by atoms with Gasteiger partial charge >= 0.3 is 0 Å². The maximum atomic E-state index is 13.8. The number of benzene rings is 2. The topological polar surface area (TPSA) is 29.5 Å². The second-order valence-electron chi connectivity index (χ2n) is 5.26. The minimum Gasteiger partial charge on any atom is -0.370 e. The highest BCUT2D eigenvalue weighted by atomic mass is 35.5. The summed E-state index contributed by atoms with van der Waals surface area (Å²) in [6.07, 6.45) is -0.391. The van der Waals surface area contributed by atoms with Crippen LogP contribution in [0.3, 0.4) is 0 Å². The van der Waals surface area contributed by atoms with Crippen LogP contribution >= 0.6 is 11.6 Å². The summed E-state index contributed by atoms with van der Waals surface area (Å²) >= 11 is 6.15. The van der Waals surface area contributed by atoms with Crippen molar-refractivity contribution in [2.24, 2.45) is 0 Å². The van der Waals surface area contributed by atoms with Crippen molar-refractivity contribution >= 4 is 17.5 Å². The van der Waals surface area contributed by atoms with Gasteiger partial charge in [-0.2, -0.15) is 0 Å². The lowest BCUT2D eigenvalue weighted by Crippen LogP contribution is -2.42. The number of nitrogens with zero attached hydrogens (tertiary/aromatic N) is 1. The molecule has 1 heterocycles. The van der Waals surface area contributed by atoms with Crippen molar-refractivity contribution in [2.45, 2.75) is 6.10 Å². The van der Waals surface area contributed by atoms with Crippen LogP contribution in [-0.2, 0) is 4.74 Å². The molecule has 0 N–H and O–H groups in total. The molecule has 2 aromatic rings. The van der Waals surface area contributed by atoms with Crippen LogP contribution in [0.2, 0.25) is 5.02 Å². The smallest absolute Gasteiger partial charge is 0.257 e. The third kappa shape index (κ3) is 3.35. The first-order chi connectivity index (χ1) is 11.1. The van der Waals surface area contributed by atoms with Crippen LogP contribution in [0, 0.1) is 11.6 Å². The predicted molar refractivity (Wildman–Crippen MR) is 82.4 cm³/mol. The summed E-state index contributed by atoms with van der Waals surface area (Å²) in [7, 11) is 0. The van der Waals surface area contributed by atoms with Gasteiger partial charge in [-0.3, -0.25) is 4.79 Å². The largest absolute Gasteiger partial charge is 0.370 e. The first-order valence-electron chi connectivity index (χ1n) is 7.16. The van der Waals surface area contributed by atoms with Gasteiger partial charge in [0, 0.05) is 17.1 Å². The first-order valence-corrected chi connectivity index (χ1v) is 7.54. The van der Waals surface area contributed by atoms with Crippen molar-refractivity contribution in [1.82, 2.24) is 4.90 Å². The summed E-state index contributed by atoms with van der Waals surface area (Å²) in [6, 6.07) is 10.1. The Bertz CT molecular complexity index is 738. The van der Waals surface area contributed by atoms with E-state index in [1.165, 1.54) is 4.90 Å². The Morgan fingerprint density at radius 2 is 2.00 bits per heavy atom. The number of carbonyl (C=O) groups excluding carboxylic acids is 1. The van der Waals surface area contributed by atoms with E-state index in [1.54, 1.807) is 12.1 Å². The highest BCUT2D eigenvalue weighted by Gasteiger charge is 2.28. The number of rotatable bonds is 2. The molecule has 23 heavy (non-hydrogen) atoms. The summed E-state index contributed by atoms with van der Waals surface area (Å²) in [6.45, 7) is 0.854. The quantitative estimate of drug-likeness (QED) is 0.833. The number of amides is 1. The monoisotopic (exact) mass is 337 g/mol. The molecule has 0 saturated carbocycles. The molecule has 120 valence electrons. The lowest BCUT2D eigenvalue weighted by atomic mass is 10.1. The minimum absolute atomic E-state index is 0.235. The van der Waals surface area contributed by atoms with Crippen LogP contribution in [0.1, 0.15) is 22.0 Å². The fourth-order valence-electron chi connectivity index (χ4n) is 2.59. The number of hydrogen-bond acceptors (Lipinski definition) is 2. The Balaban J connectivity index is 1.82. The fourth-order valence-corrected chi connectivity index (χ4v) is 2.85. The molecule has 6 heteroatoms. The zero-order valence-corrected chi connectivity index (χ0v) is 12.9. The van der Waals surface area contributed by atoms with E-state index in [-0.39, 0.29) is 12.1 Å². The summed E-state index contributed by atoms with van der Waals surface area (Å²) in [4.78, 5) is 13.9. The molecule has 1 aliphatic rings. The summed E-state index contributed by atoms with van der Waals surface area (Å²) in [5.41, 5.74) is 0.496. The van der Waals surface area contributed by atoms with Crippen LogP contribution in [-0.4, -0.2) is 30.5 Å². The molecular weight excluding hydrogens is 324 g/mol. The zero-order chi connectivity index (χ0) is 16.4. The van der Waals surface area contributed by atoms with Crippen LogP contribution in [0.5, 0.6) is 0 Å². The normalized spacial score (nSPS) is 18.0. The van der Waals surface area contributed by atoms with Gasteiger partial charge in [0.05, 0.1) is 18.7 Å². The van der Waals surface area contributed by atoms with Crippen LogP contribution in [0.4, 0.5) is 8.78 Å². The lowest BCUT2D eigenvalue weighted by molar-refractivity contribution is -0.0229. The molecule has 3 nitrogen and oxygen atoms in total. The molecule has 0 spiro atoms. The molecule has 1 saturated heterocycles. The minimum atomic E-state index is -0.739. The van der Waals surface area contributed by atoms with E-state index < -0.39 is 23.6 Å². The average Bonchev–Trinajstić information content (AvgIpc) is 2.57. The van der Waals surface area contributed by atoms with Crippen molar-refractivity contribution in [3.8, 4) is 0 Å². The van der Waals surface area contributed by atoms with E-state index in [1.807, 2.05) is 12.1 Å². The second kappa shape index (κ2) is 6.64. The summed E-state index contributed by atoms with van der Waals surface area (Å²) in [5.74, 6) is -1.94. The van der Waals surface area contributed by atoms with E-state index in [0.717, 1.165) is 23.8 Å². The molecule has 0 radical (unpaired) electrons. The van der Waals surface area contributed by atoms with Gasteiger partial charge < -0.3 is 9.64 Å². The van der Waals surface area contributed by atoms with E-state index in [2.05, 4.69) is 0 Å². The molecule has 0 aliphatic carbocycles. The fraction of sp³-hybridized carbons (Fsp3) is 0.235. The van der Waals surface area contributed by atoms with Crippen molar-refractivity contribution in [3.63, 3.8) is 0 Å². The van der Waals surface area contributed by atoms with Gasteiger partial charge in [0.2, 0.25) is 0 Å². The molecular formula is C17H14ClF2NO2. The van der Waals surface area contributed by atoms with Crippen molar-refractivity contribution < 1.29 is 18.3 Å². The van der Waals surface area contributed by atoms with Gasteiger partial charge in [0.25, 0.3) is 5.91 Å². The molecule has 0 bridgehead atoms. The Hall–Kier alpha value is -1.98. The zero-order valence-electron chi connectivity index (χ0n) is 12.1. The second-order valence-corrected chi connectivity index (χ2v) is 5.66. The van der Waals surface area contributed by atoms with E-state index in [0.29, 0.717) is 18.2 Å². The van der Waals surface area contributed by atoms with E-state index >= 15 is 0 Å². The van der Waals surface area contributed by atoms with Gasteiger partial charge in [-0.1, -0.05) is 29.8 Å². The highest BCUT2D eigenvalue weighted by Crippen LogP contribution is 2.29. The molecule has 1 unspecified atom stereocenters. The Morgan fingerprint density at radius 3 is 2.78 bits per heavy atom. The number of carbonyl (C=O) groups is 1.